The molecular weight excluding hydrogens is 397 g/mol. The number of rotatable bonds is 5. The van der Waals surface area contributed by atoms with Gasteiger partial charge in [-0.1, -0.05) is 12.1 Å². The molecule has 0 atom stereocenters. The topological polar surface area (TPSA) is 84.5 Å². The van der Waals surface area contributed by atoms with Crippen molar-refractivity contribution in [2.45, 2.75) is 20.0 Å². The van der Waals surface area contributed by atoms with Crippen molar-refractivity contribution in [1.29, 1.82) is 0 Å². The van der Waals surface area contributed by atoms with Gasteiger partial charge in [0.05, 0.1) is 28.2 Å². The Morgan fingerprint density at radius 2 is 1.79 bits per heavy atom. The third kappa shape index (κ3) is 4.33. The zero-order valence-electron chi connectivity index (χ0n) is 15.2. The fourth-order valence-electron chi connectivity index (χ4n) is 2.48. The number of halogens is 3. The summed E-state index contributed by atoms with van der Waals surface area (Å²) >= 11 is 0.783. The molecule has 0 aliphatic heterocycles. The van der Waals surface area contributed by atoms with Crippen LogP contribution in [0.25, 0.3) is 0 Å². The summed E-state index contributed by atoms with van der Waals surface area (Å²) in [5.74, 6) is -2.33. The number of anilines is 1. The van der Waals surface area contributed by atoms with Crippen LogP contribution in [0.15, 0.2) is 24.3 Å². The normalized spacial score (nSPS) is 11.1. The summed E-state index contributed by atoms with van der Waals surface area (Å²) in [6, 6.07) is 4.29. The van der Waals surface area contributed by atoms with Crippen molar-refractivity contribution in [3.05, 3.63) is 51.4 Å². The van der Waals surface area contributed by atoms with E-state index in [-0.39, 0.29) is 27.6 Å². The van der Waals surface area contributed by atoms with Crippen molar-refractivity contribution in [1.82, 2.24) is 5.32 Å². The molecule has 1 aromatic heterocycles. The van der Waals surface area contributed by atoms with Gasteiger partial charge >= 0.3 is 12.1 Å². The lowest BCUT2D eigenvalue weighted by Crippen LogP contribution is -2.19. The van der Waals surface area contributed by atoms with E-state index in [4.69, 9.17) is 4.74 Å². The summed E-state index contributed by atoms with van der Waals surface area (Å²) in [5.41, 5.74) is -1.51. The number of hydrogen-bond donors (Lipinski definition) is 2. The molecule has 0 spiro atoms. The molecule has 2 rings (SSSR count). The molecule has 150 valence electrons. The minimum absolute atomic E-state index is 0.0493. The van der Waals surface area contributed by atoms with Crippen LogP contribution in [-0.4, -0.2) is 31.4 Å². The number of carbonyl (C=O) groups is 3. The largest absolute Gasteiger partial charge is 0.462 e. The number of benzene rings is 1. The van der Waals surface area contributed by atoms with Gasteiger partial charge in [0.15, 0.2) is 0 Å². The van der Waals surface area contributed by atoms with Crippen LogP contribution in [0, 0.1) is 6.92 Å². The van der Waals surface area contributed by atoms with Gasteiger partial charge in [0.25, 0.3) is 11.8 Å². The summed E-state index contributed by atoms with van der Waals surface area (Å²) < 4.78 is 44.5. The maximum atomic E-state index is 13.2. The van der Waals surface area contributed by atoms with E-state index in [1.165, 1.54) is 26.1 Å². The minimum Gasteiger partial charge on any atom is -0.462 e. The maximum absolute atomic E-state index is 13.2. The zero-order chi connectivity index (χ0) is 21.1. The molecule has 0 bridgehead atoms. The Labute approximate surface area is 162 Å². The summed E-state index contributed by atoms with van der Waals surface area (Å²) in [7, 11) is 1.39. The summed E-state index contributed by atoms with van der Waals surface area (Å²) in [6.07, 6.45) is -4.73. The van der Waals surface area contributed by atoms with Crippen molar-refractivity contribution in [3.8, 4) is 0 Å². The molecule has 0 fully saturated rings. The Balaban J connectivity index is 2.50. The third-order valence-electron chi connectivity index (χ3n) is 3.76. The molecule has 0 aliphatic carbocycles. The van der Waals surface area contributed by atoms with Gasteiger partial charge in [0.1, 0.15) is 5.00 Å². The molecule has 1 heterocycles. The first-order valence-corrected chi connectivity index (χ1v) is 8.93. The number of hydrogen-bond acceptors (Lipinski definition) is 5. The van der Waals surface area contributed by atoms with Crippen LogP contribution in [0.4, 0.5) is 18.2 Å². The van der Waals surface area contributed by atoms with Gasteiger partial charge in [-0.25, -0.2) is 4.79 Å². The van der Waals surface area contributed by atoms with E-state index in [1.807, 2.05) is 0 Å². The second-order valence-corrected chi connectivity index (χ2v) is 6.58. The Morgan fingerprint density at radius 3 is 2.36 bits per heavy atom. The van der Waals surface area contributed by atoms with Crippen molar-refractivity contribution < 1.29 is 32.3 Å². The predicted molar refractivity (Wildman–Crippen MR) is 97.8 cm³/mol. The number of nitrogens with one attached hydrogen (secondary N) is 2. The van der Waals surface area contributed by atoms with E-state index >= 15 is 0 Å². The third-order valence-corrected chi connectivity index (χ3v) is 4.97. The Hall–Kier alpha value is -2.88. The summed E-state index contributed by atoms with van der Waals surface area (Å²) in [4.78, 5) is 36.9. The quantitative estimate of drug-likeness (QED) is 0.728. The van der Waals surface area contributed by atoms with Crippen LogP contribution < -0.4 is 10.6 Å². The van der Waals surface area contributed by atoms with Gasteiger partial charge in [-0.05, 0) is 31.5 Å². The number of esters is 1. The first-order valence-electron chi connectivity index (χ1n) is 8.11. The molecule has 1 aromatic carbocycles. The maximum Gasteiger partial charge on any atom is 0.417 e. The predicted octanol–water partition coefficient (Wildman–Crippen LogP) is 3.86. The van der Waals surface area contributed by atoms with Crippen molar-refractivity contribution in [2.75, 3.05) is 19.0 Å². The molecule has 10 heteroatoms. The van der Waals surface area contributed by atoms with Crippen LogP contribution in [0.5, 0.6) is 0 Å². The highest BCUT2D eigenvalue weighted by Crippen LogP contribution is 2.36. The standard InChI is InChI=1S/C18H17F3N2O4S/c1-4-27-17(26)12-9(2)13(15(25)22-3)28-16(12)23-14(24)10-7-5-6-8-11(10)18(19,20)21/h5-8H,4H2,1-3H3,(H,22,25)(H,23,24). The average Bonchev–Trinajstić information content (AvgIpc) is 2.96. The monoisotopic (exact) mass is 414 g/mol. The second kappa shape index (κ2) is 8.42. The van der Waals surface area contributed by atoms with Gasteiger partial charge < -0.3 is 15.4 Å². The van der Waals surface area contributed by atoms with Gasteiger partial charge in [-0.2, -0.15) is 13.2 Å². The summed E-state index contributed by atoms with van der Waals surface area (Å²) in [6.45, 7) is 3.12. The number of ether oxygens (including phenoxy) is 1. The molecule has 6 nitrogen and oxygen atoms in total. The molecule has 2 amide bonds. The first-order chi connectivity index (χ1) is 13.1. The molecule has 0 radical (unpaired) electrons. The molecule has 0 saturated heterocycles. The van der Waals surface area contributed by atoms with E-state index in [0.717, 1.165) is 23.5 Å². The van der Waals surface area contributed by atoms with E-state index in [2.05, 4.69) is 10.6 Å². The van der Waals surface area contributed by atoms with E-state index in [0.29, 0.717) is 0 Å². The van der Waals surface area contributed by atoms with E-state index < -0.39 is 35.1 Å². The van der Waals surface area contributed by atoms with Gasteiger partial charge in [0, 0.05) is 7.05 Å². The smallest absolute Gasteiger partial charge is 0.417 e. The Morgan fingerprint density at radius 1 is 1.14 bits per heavy atom. The Kier molecular flexibility index (Phi) is 6.45. The fraction of sp³-hybridized carbons (Fsp3) is 0.278. The Bertz CT molecular complexity index is 922. The van der Waals surface area contributed by atoms with Crippen LogP contribution in [-0.2, 0) is 10.9 Å². The van der Waals surface area contributed by atoms with Gasteiger partial charge in [-0.3, -0.25) is 9.59 Å². The molecule has 2 aromatic rings. The number of alkyl halides is 3. The number of amides is 2. The fourth-order valence-corrected chi connectivity index (χ4v) is 3.62. The second-order valence-electron chi connectivity index (χ2n) is 5.56. The first kappa shape index (κ1) is 21.4. The highest BCUT2D eigenvalue weighted by Gasteiger charge is 2.35. The number of carbonyl (C=O) groups excluding carboxylic acids is 3. The molecule has 0 saturated carbocycles. The lowest BCUT2D eigenvalue weighted by Gasteiger charge is -2.12. The van der Waals surface area contributed by atoms with Crippen LogP contribution >= 0.6 is 11.3 Å². The molecule has 2 N–H and O–H groups in total. The van der Waals surface area contributed by atoms with Gasteiger partial charge in [0.2, 0.25) is 0 Å². The SMILES string of the molecule is CCOC(=O)c1c(NC(=O)c2ccccc2C(F)(F)F)sc(C(=O)NC)c1C. The van der Waals surface area contributed by atoms with Crippen LogP contribution in [0.2, 0.25) is 0 Å². The van der Waals surface area contributed by atoms with Crippen LogP contribution in [0.1, 0.15) is 48.4 Å². The molecule has 28 heavy (non-hydrogen) atoms. The van der Waals surface area contributed by atoms with Crippen molar-refractivity contribution >= 4 is 34.1 Å². The average molecular weight is 414 g/mol. The van der Waals surface area contributed by atoms with Crippen LogP contribution in [0.3, 0.4) is 0 Å². The van der Waals surface area contributed by atoms with Crippen molar-refractivity contribution in [3.63, 3.8) is 0 Å². The zero-order valence-corrected chi connectivity index (χ0v) is 16.0. The highest BCUT2D eigenvalue weighted by atomic mass is 32.1. The summed E-state index contributed by atoms with van der Waals surface area (Å²) in [5, 5.41) is 4.66. The van der Waals surface area contributed by atoms with Gasteiger partial charge in [-0.15, -0.1) is 11.3 Å². The molecular formula is C18H17F3N2O4S. The molecule has 0 aliphatic rings. The minimum atomic E-state index is -4.73. The lowest BCUT2D eigenvalue weighted by molar-refractivity contribution is -0.137. The lowest BCUT2D eigenvalue weighted by atomic mass is 10.1. The van der Waals surface area contributed by atoms with E-state index in [9.17, 15) is 27.6 Å². The molecule has 0 unspecified atom stereocenters. The highest BCUT2D eigenvalue weighted by molar-refractivity contribution is 7.18. The number of thiophene rings is 1. The van der Waals surface area contributed by atoms with Crippen molar-refractivity contribution in [2.24, 2.45) is 0 Å². The van der Waals surface area contributed by atoms with E-state index in [1.54, 1.807) is 6.92 Å².